The molecule has 0 aromatic carbocycles. The Labute approximate surface area is 157 Å². The fraction of sp³-hybridized carbons (Fsp3) is 0.409. The molecule has 4 nitrogen and oxygen atoms in total. The maximum atomic E-state index is 10.2. The zero-order valence-corrected chi connectivity index (χ0v) is 15.6. The zero-order valence-electron chi connectivity index (χ0n) is 15.6. The highest BCUT2D eigenvalue weighted by atomic mass is 17.1. The van der Waals surface area contributed by atoms with Gasteiger partial charge in [-0.3, -0.25) is 5.26 Å². The van der Waals surface area contributed by atoms with E-state index in [1.165, 1.54) is 0 Å². The molecule has 0 aliphatic heterocycles. The molecule has 4 heteroatoms. The lowest BCUT2D eigenvalue weighted by atomic mass is 10.2. The van der Waals surface area contributed by atoms with Crippen molar-refractivity contribution in [2.75, 3.05) is 0 Å². The van der Waals surface area contributed by atoms with E-state index in [0.717, 1.165) is 19.3 Å². The van der Waals surface area contributed by atoms with Crippen molar-refractivity contribution in [3.8, 4) is 0 Å². The van der Waals surface area contributed by atoms with Crippen LogP contribution in [0.5, 0.6) is 0 Å². The van der Waals surface area contributed by atoms with E-state index in [1.807, 2.05) is 42.5 Å². The van der Waals surface area contributed by atoms with Crippen molar-refractivity contribution in [2.45, 2.75) is 58.0 Å². The van der Waals surface area contributed by atoms with E-state index < -0.39 is 5.97 Å². The summed E-state index contributed by atoms with van der Waals surface area (Å²) in [5.74, 6) is -1.03. The number of carbonyl (C=O) groups is 1. The molecule has 0 saturated heterocycles. The Hall–Kier alpha value is -2.17. The van der Waals surface area contributed by atoms with Crippen LogP contribution >= 0.6 is 0 Å². The smallest absolute Gasteiger partial charge is 0.115 e. The van der Waals surface area contributed by atoms with Gasteiger partial charge in [-0.15, -0.1) is 0 Å². The molecule has 0 saturated carbocycles. The van der Waals surface area contributed by atoms with Crippen LogP contribution in [0.1, 0.15) is 51.9 Å². The largest absolute Gasteiger partial charge is 0.550 e. The summed E-state index contributed by atoms with van der Waals surface area (Å²) >= 11 is 0. The van der Waals surface area contributed by atoms with Crippen LogP contribution in [0.15, 0.2) is 72.9 Å². The van der Waals surface area contributed by atoms with Crippen LogP contribution in [0.4, 0.5) is 0 Å². The summed E-state index contributed by atoms with van der Waals surface area (Å²) in [5, 5.41) is 19.1. The SMILES string of the molecule is CC/C=C\C/C=C\C/C=C\C=C\C(C/C=C\C/C=C\CCC(=O)[O-])OO. The second-order valence-electron chi connectivity index (χ2n) is 5.60. The van der Waals surface area contributed by atoms with Gasteiger partial charge in [-0.05, 0) is 44.9 Å². The van der Waals surface area contributed by atoms with Gasteiger partial charge in [0.2, 0.25) is 0 Å². The highest BCUT2D eigenvalue weighted by molar-refractivity contribution is 5.64. The average Bonchev–Trinajstić information content (AvgIpc) is 2.63. The summed E-state index contributed by atoms with van der Waals surface area (Å²) in [5.41, 5.74) is 0. The molecule has 1 unspecified atom stereocenters. The molecule has 0 bridgehead atoms. The molecular weight excluding hydrogens is 328 g/mol. The number of carbonyl (C=O) groups excluding carboxylic acids is 1. The Kier molecular flexibility index (Phi) is 17.6. The number of carboxylic acids is 1. The Bertz CT molecular complexity index is 510. The van der Waals surface area contributed by atoms with Crippen molar-refractivity contribution >= 4 is 5.97 Å². The maximum Gasteiger partial charge on any atom is 0.115 e. The van der Waals surface area contributed by atoms with Crippen molar-refractivity contribution in [1.82, 2.24) is 0 Å². The summed E-state index contributed by atoms with van der Waals surface area (Å²) in [7, 11) is 0. The number of hydrogen-bond donors (Lipinski definition) is 1. The molecule has 26 heavy (non-hydrogen) atoms. The van der Waals surface area contributed by atoms with Crippen molar-refractivity contribution in [1.29, 1.82) is 0 Å². The molecule has 0 rings (SSSR count). The highest BCUT2D eigenvalue weighted by Gasteiger charge is 1.99. The number of carboxylic acid groups (broad SMARTS) is 1. The summed E-state index contributed by atoms with van der Waals surface area (Å²) in [4.78, 5) is 14.7. The lowest BCUT2D eigenvalue weighted by Crippen LogP contribution is -2.21. The van der Waals surface area contributed by atoms with Crippen molar-refractivity contribution in [2.24, 2.45) is 0 Å². The summed E-state index contributed by atoms with van der Waals surface area (Å²) in [6, 6.07) is 0. The monoisotopic (exact) mass is 359 g/mol. The van der Waals surface area contributed by atoms with Crippen LogP contribution in [-0.2, 0) is 9.68 Å². The second-order valence-corrected chi connectivity index (χ2v) is 5.60. The molecule has 144 valence electrons. The van der Waals surface area contributed by atoms with Crippen LogP contribution < -0.4 is 5.11 Å². The standard InChI is InChI=1S/C22H32O4/c1-2-3-4-5-6-7-8-9-12-15-18-21(26-25)19-16-13-10-11-14-17-20-22(23)24/h3-4,6-7,9,11-16,18,21,25H,2,5,8,10,17,19-20H2,1H3,(H,23,24)/p-1/b4-3-,7-6-,12-9-,14-11-,16-13-,18-15+. The molecule has 0 spiro atoms. The van der Waals surface area contributed by atoms with E-state index in [1.54, 1.807) is 6.08 Å². The fourth-order valence-corrected chi connectivity index (χ4v) is 1.93. The minimum absolute atomic E-state index is 0.0463. The maximum absolute atomic E-state index is 10.2. The van der Waals surface area contributed by atoms with Gasteiger partial charge in [0, 0.05) is 5.97 Å². The predicted molar refractivity (Wildman–Crippen MR) is 105 cm³/mol. The van der Waals surface area contributed by atoms with E-state index in [4.69, 9.17) is 5.26 Å². The van der Waals surface area contributed by atoms with Gasteiger partial charge in [-0.2, -0.15) is 0 Å². The molecule has 0 fully saturated rings. The van der Waals surface area contributed by atoms with Gasteiger partial charge in [0.25, 0.3) is 0 Å². The first-order valence-electron chi connectivity index (χ1n) is 9.14. The van der Waals surface area contributed by atoms with Crippen LogP contribution in [0.2, 0.25) is 0 Å². The Morgan fingerprint density at radius 1 is 0.923 bits per heavy atom. The van der Waals surface area contributed by atoms with Crippen LogP contribution in [-0.4, -0.2) is 17.3 Å². The Balaban J connectivity index is 3.90. The Morgan fingerprint density at radius 3 is 2.19 bits per heavy atom. The van der Waals surface area contributed by atoms with Crippen LogP contribution in [0.25, 0.3) is 0 Å². The normalized spacial score (nSPS) is 14.2. The van der Waals surface area contributed by atoms with Gasteiger partial charge in [-0.25, -0.2) is 4.89 Å². The zero-order chi connectivity index (χ0) is 19.3. The minimum Gasteiger partial charge on any atom is -0.550 e. The van der Waals surface area contributed by atoms with Crippen LogP contribution in [0.3, 0.4) is 0 Å². The summed E-state index contributed by atoms with van der Waals surface area (Å²) < 4.78 is 0. The van der Waals surface area contributed by atoms with Gasteiger partial charge < -0.3 is 9.90 Å². The van der Waals surface area contributed by atoms with E-state index >= 15 is 0 Å². The fourth-order valence-electron chi connectivity index (χ4n) is 1.93. The van der Waals surface area contributed by atoms with Gasteiger partial charge in [0.15, 0.2) is 0 Å². The molecule has 1 atom stereocenters. The van der Waals surface area contributed by atoms with E-state index in [2.05, 4.69) is 36.1 Å². The van der Waals surface area contributed by atoms with E-state index in [-0.39, 0.29) is 12.5 Å². The Morgan fingerprint density at radius 2 is 1.54 bits per heavy atom. The molecule has 0 aromatic rings. The van der Waals surface area contributed by atoms with Crippen molar-refractivity contribution < 1.29 is 20.0 Å². The average molecular weight is 359 g/mol. The van der Waals surface area contributed by atoms with Gasteiger partial charge in [0.1, 0.15) is 6.10 Å². The third kappa shape index (κ3) is 18.2. The number of aliphatic carboxylic acids is 1. The number of hydrogen-bond acceptors (Lipinski definition) is 4. The lowest BCUT2D eigenvalue weighted by molar-refractivity contribution is -0.305. The first-order valence-corrected chi connectivity index (χ1v) is 9.14. The second kappa shape index (κ2) is 19.2. The molecule has 0 aliphatic carbocycles. The number of rotatable bonds is 15. The highest BCUT2D eigenvalue weighted by Crippen LogP contribution is 2.02. The lowest BCUT2D eigenvalue weighted by Gasteiger charge is -2.03. The first kappa shape index (κ1) is 23.8. The minimum atomic E-state index is -1.03. The van der Waals surface area contributed by atoms with Gasteiger partial charge in [-0.1, -0.05) is 79.8 Å². The van der Waals surface area contributed by atoms with Gasteiger partial charge in [0.05, 0.1) is 0 Å². The quantitative estimate of drug-likeness (QED) is 0.199. The molecule has 0 aliphatic rings. The summed E-state index contributed by atoms with van der Waals surface area (Å²) in [6.45, 7) is 2.12. The number of allylic oxidation sites excluding steroid dienone is 10. The predicted octanol–water partition coefficient (Wildman–Crippen LogP) is 4.68. The van der Waals surface area contributed by atoms with Crippen LogP contribution in [0, 0.1) is 0 Å². The molecule has 1 N–H and O–H groups in total. The topological polar surface area (TPSA) is 69.6 Å². The molecule has 0 amide bonds. The molecule has 0 radical (unpaired) electrons. The molecular formula is C22H31O4-. The van der Waals surface area contributed by atoms with E-state index in [9.17, 15) is 9.90 Å². The van der Waals surface area contributed by atoms with Gasteiger partial charge >= 0.3 is 0 Å². The third-order valence-corrected chi connectivity index (χ3v) is 3.31. The molecule has 0 heterocycles. The molecule has 0 aromatic heterocycles. The first-order chi connectivity index (χ1) is 12.7. The third-order valence-electron chi connectivity index (χ3n) is 3.31. The summed E-state index contributed by atoms with van der Waals surface area (Å²) in [6.07, 6.45) is 28.1. The van der Waals surface area contributed by atoms with Crippen molar-refractivity contribution in [3.63, 3.8) is 0 Å². The van der Waals surface area contributed by atoms with Crippen molar-refractivity contribution in [3.05, 3.63) is 72.9 Å². The van der Waals surface area contributed by atoms with E-state index in [0.29, 0.717) is 19.3 Å².